The molecule has 49 heavy (non-hydrogen) atoms. The molecule has 2 aliphatic heterocycles. The van der Waals surface area contributed by atoms with E-state index < -0.39 is 60.7 Å². The third-order valence-corrected chi connectivity index (χ3v) is 11.3. The molecule has 2 amide bonds. The van der Waals surface area contributed by atoms with Gasteiger partial charge in [-0.25, -0.2) is 0 Å². The summed E-state index contributed by atoms with van der Waals surface area (Å²) in [6.07, 6.45) is -2.00. The average molecular weight is 762 g/mol. The number of aromatic nitrogens is 1. The van der Waals surface area contributed by atoms with E-state index in [9.17, 15) is 41.6 Å². The molecule has 1 saturated carbocycles. The molecule has 0 radical (unpaired) electrons. The lowest BCUT2D eigenvalue weighted by atomic mass is 9.92. The first-order chi connectivity index (χ1) is 23.0. The van der Waals surface area contributed by atoms with Gasteiger partial charge in [0.2, 0.25) is 5.91 Å². The molecule has 1 unspecified atom stereocenters. The highest BCUT2D eigenvalue weighted by molar-refractivity contribution is 7.99. The van der Waals surface area contributed by atoms with Gasteiger partial charge in [0.15, 0.2) is 0 Å². The second-order valence-electron chi connectivity index (χ2n) is 12.0. The van der Waals surface area contributed by atoms with E-state index in [0.29, 0.717) is 53.0 Å². The molecular formula is C32H24Cl3F5N4O4S. The Morgan fingerprint density at radius 1 is 1.14 bits per heavy atom. The maximum absolute atomic E-state index is 14.3. The number of aromatic amines is 1. The average Bonchev–Trinajstić information content (AvgIpc) is 3.72. The number of benzene rings is 2. The van der Waals surface area contributed by atoms with Crippen LogP contribution in [0.15, 0.2) is 44.9 Å². The number of hydrogen-bond donors (Lipinski definition) is 1. The van der Waals surface area contributed by atoms with Gasteiger partial charge in [0.25, 0.3) is 11.5 Å². The number of carbonyl (C=O) groups is 2. The summed E-state index contributed by atoms with van der Waals surface area (Å²) >= 11 is 17.8. The van der Waals surface area contributed by atoms with Crippen molar-refractivity contribution in [2.24, 2.45) is 5.41 Å². The van der Waals surface area contributed by atoms with E-state index in [-0.39, 0.29) is 29.3 Å². The molecule has 258 valence electrons. The van der Waals surface area contributed by atoms with Gasteiger partial charge in [-0.2, -0.15) is 27.2 Å². The molecule has 1 aromatic heterocycles. The van der Waals surface area contributed by atoms with Crippen molar-refractivity contribution in [3.63, 3.8) is 0 Å². The lowest BCUT2D eigenvalue weighted by molar-refractivity contribution is -0.137. The van der Waals surface area contributed by atoms with Crippen LogP contribution in [0.2, 0.25) is 10.0 Å². The number of nitrogens with zero attached hydrogens (tertiary/aromatic N) is 3. The number of H-pyrrole nitrogens is 1. The van der Waals surface area contributed by atoms with Crippen LogP contribution < -0.4 is 15.2 Å². The Balaban J connectivity index is 1.44. The predicted molar refractivity (Wildman–Crippen MR) is 171 cm³/mol. The van der Waals surface area contributed by atoms with Crippen LogP contribution in [0.4, 0.5) is 27.6 Å². The van der Waals surface area contributed by atoms with Gasteiger partial charge in [0.05, 0.1) is 51.8 Å². The maximum Gasteiger partial charge on any atom is 0.417 e. The summed E-state index contributed by atoms with van der Waals surface area (Å²) in [4.78, 5) is 44.9. The maximum atomic E-state index is 14.3. The van der Waals surface area contributed by atoms with Gasteiger partial charge in [-0.3, -0.25) is 14.4 Å². The molecule has 8 nitrogen and oxygen atoms in total. The molecule has 2 aromatic carbocycles. The number of anilines is 1. The number of amides is 2. The highest BCUT2D eigenvalue weighted by Gasteiger charge is 2.54. The number of methoxy groups -OCH3 is 1. The summed E-state index contributed by atoms with van der Waals surface area (Å²) < 4.78 is 75.2. The van der Waals surface area contributed by atoms with E-state index in [4.69, 9.17) is 39.5 Å². The van der Waals surface area contributed by atoms with Crippen LogP contribution in [0.1, 0.15) is 70.9 Å². The van der Waals surface area contributed by atoms with Crippen molar-refractivity contribution < 1.29 is 36.3 Å². The fourth-order valence-electron chi connectivity index (χ4n) is 6.42. The highest BCUT2D eigenvalue weighted by Crippen LogP contribution is 2.55. The number of alkyl halides is 6. The summed E-state index contributed by atoms with van der Waals surface area (Å²) in [6.45, 7) is 0.293. The van der Waals surface area contributed by atoms with Crippen LogP contribution in [0, 0.1) is 16.7 Å². The molecular weight excluding hydrogens is 738 g/mol. The molecule has 3 aromatic rings. The van der Waals surface area contributed by atoms with Crippen LogP contribution in [-0.4, -0.2) is 35.4 Å². The van der Waals surface area contributed by atoms with E-state index in [2.05, 4.69) is 0 Å². The fourth-order valence-corrected chi connectivity index (χ4v) is 8.27. The summed E-state index contributed by atoms with van der Waals surface area (Å²) in [5.74, 6) is -0.707. The van der Waals surface area contributed by atoms with Gasteiger partial charge in [0.1, 0.15) is 17.0 Å². The van der Waals surface area contributed by atoms with Gasteiger partial charge in [-0.15, -0.1) is 0 Å². The Morgan fingerprint density at radius 2 is 1.86 bits per heavy atom. The van der Waals surface area contributed by atoms with Crippen molar-refractivity contribution in [2.45, 2.75) is 66.0 Å². The largest absolute Gasteiger partial charge is 0.495 e. The minimum absolute atomic E-state index is 0.0206. The quantitative estimate of drug-likeness (QED) is 0.191. The zero-order chi connectivity index (χ0) is 35.6. The molecule has 0 bridgehead atoms. The van der Waals surface area contributed by atoms with E-state index in [1.807, 2.05) is 11.1 Å². The number of nitriles is 1. The molecule has 1 atom stereocenters. The van der Waals surface area contributed by atoms with Crippen molar-refractivity contribution in [1.82, 2.24) is 9.88 Å². The first-order valence-electron chi connectivity index (χ1n) is 14.8. The minimum atomic E-state index is -4.91. The smallest absolute Gasteiger partial charge is 0.417 e. The van der Waals surface area contributed by atoms with Gasteiger partial charge >= 0.3 is 11.6 Å². The molecule has 1 N–H and O–H groups in total. The zero-order valence-electron chi connectivity index (χ0n) is 25.3. The van der Waals surface area contributed by atoms with Gasteiger partial charge in [-0.05, 0) is 78.7 Å². The van der Waals surface area contributed by atoms with Crippen LogP contribution in [0.3, 0.4) is 0 Å². The lowest BCUT2D eigenvalue weighted by Crippen LogP contribution is -2.42. The predicted octanol–water partition coefficient (Wildman–Crippen LogP) is 8.67. The summed E-state index contributed by atoms with van der Waals surface area (Å²) in [6, 6.07) is 6.58. The highest BCUT2D eigenvalue weighted by atomic mass is 35.5. The van der Waals surface area contributed by atoms with Crippen molar-refractivity contribution in [3.05, 3.63) is 78.7 Å². The van der Waals surface area contributed by atoms with E-state index >= 15 is 0 Å². The van der Waals surface area contributed by atoms with E-state index in [1.165, 1.54) is 12.0 Å². The van der Waals surface area contributed by atoms with Crippen LogP contribution >= 0.6 is 46.6 Å². The Kier molecular flexibility index (Phi) is 9.13. The van der Waals surface area contributed by atoms with Gasteiger partial charge in [-0.1, -0.05) is 35.0 Å². The Labute approximate surface area is 295 Å². The zero-order valence-corrected chi connectivity index (χ0v) is 28.4. The molecule has 6 rings (SSSR count). The number of halogens is 8. The summed E-state index contributed by atoms with van der Waals surface area (Å²) in [5.41, 5.74) is -3.31. The Hall–Kier alpha value is -3.51. The number of pyridine rings is 1. The number of ether oxygens (including phenoxy) is 1. The lowest BCUT2D eigenvalue weighted by Gasteiger charge is -2.33. The molecule has 3 aliphatic rings. The van der Waals surface area contributed by atoms with Crippen molar-refractivity contribution in [2.75, 3.05) is 18.6 Å². The topological polar surface area (TPSA) is 106 Å². The second kappa shape index (κ2) is 12.7. The molecule has 3 heterocycles. The Bertz CT molecular complexity index is 1990. The van der Waals surface area contributed by atoms with Crippen LogP contribution in [0.5, 0.6) is 5.75 Å². The summed E-state index contributed by atoms with van der Waals surface area (Å²) in [5, 5.41) is 4.40. The number of hydrogen-bond acceptors (Lipinski definition) is 6. The number of piperidine rings is 1. The number of fused-ring (bicyclic) bond motifs is 1. The Morgan fingerprint density at radius 3 is 2.47 bits per heavy atom. The molecule has 17 heteroatoms. The van der Waals surface area contributed by atoms with Crippen LogP contribution in [-0.2, 0) is 22.9 Å². The summed E-state index contributed by atoms with van der Waals surface area (Å²) in [7, 11) is 1.42. The molecule has 1 spiro atoms. The monoisotopic (exact) mass is 760 g/mol. The van der Waals surface area contributed by atoms with Crippen molar-refractivity contribution >= 4 is 64.1 Å². The number of carbonyl (C=O) groups excluding carboxylic acids is 2. The first-order valence-corrected chi connectivity index (χ1v) is 16.7. The fraction of sp³-hybridized carbons (Fsp3) is 0.375. The normalized spacial score (nSPS) is 18.4. The second-order valence-corrected chi connectivity index (χ2v) is 14.3. The van der Waals surface area contributed by atoms with Gasteiger partial charge < -0.3 is 19.5 Å². The van der Waals surface area contributed by atoms with Gasteiger partial charge in [0, 0.05) is 23.4 Å². The molecule has 1 aliphatic carbocycles. The van der Waals surface area contributed by atoms with Crippen LogP contribution in [0.25, 0.3) is 0 Å². The number of rotatable bonds is 7. The standard InChI is InChI=1S/C32H24Cl3F5N4O4S/c1-48-21-12-16-15(11-20(21)43-10-2-6-30(7-8-30)29(43)47)14-44(19(16)5-9-41)28(46)24-22(13-23(31(35,36)37)42-27(24)45)49-26-18(33)4-3-17(25(26)34)32(38,39)40/h3-4,11-13,19H,2,5-8,10,14H2,1H3,(H,42,45). The van der Waals surface area contributed by atoms with E-state index in [0.717, 1.165) is 31.7 Å². The third kappa shape index (κ3) is 6.35. The minimum Gasteiger partial charge on any atom is -0.495 e. The van der Waals surface area contributed by atoms with Crippen molar-refractivity contribution in [3.8, 4) is 11.8 Å². The first kappa shape index (κ1) is 35.3. The third-order valence-electron chi connectivity index (χ3n) is 9.03. The SMILES string of the molecule is COc1cc2c(cc1N1CCCC3(CC3)C1=O)CN(C(=O)c1c(Sc3c(Cl)ccc(C(F)(F)F)c3Cl)cc(C(F)(F)Cl)[nH]c1=O)C2CC#N. The van der Waals surface area contributed by atoms with E-state index in [1.54, 1.807) is 17.0 Å². The number of nitrogens with one attached hydrogen (secondary N) is 1. The molecule has 1 saturated heterocycles. The van der Waals surface area contributed by atoms with Crippen molar-refractivity contribution in [1.29, 1.82) is 5.26 Å². The molecule has 2 fully saturated rings.